The van der Waals surface area contributed by atoms with Gasteiger partial charge in [0, 0.05) is 0 Å². The van der Waals surface area contributed by atoms with E-state index in [0.29, 0.717) is 5.82 Å². The molecule has 13 heavy (non-hydrogen) atoms. The topological polar surface area (TPSA) is 95.9 Å². The molecule has 0 aliphatic carbocycles. The highest BCUT2D eigenvalue weighted by Crippen LogP contribution is 2.07. The molecule has 0 radical (unpaired) electrons. The maximum absolute atomic E-state index is 10.8. The van der Waals surface area contributed by atoms with Crippen LogP contribution in [-0.4, -0.2) is 33.3 Å². The molecular formula is C6H11N5O2. The molecule has 0 unspecified atom stereocenters. The highest BCUT2D eigenvalue weighted by molar-refractivity contribution is 5.69. The number of nitrogens with two attached hydrogens (primary N) is 1. The van der Waals surface area contributed by atoms with E-state index in [-0.39, 0.29) is 12.4 Å². The molecule has 72 valence electrons. The number of tetrazole rings is 1. The van der Waals surface area contributed by atoms with E-state index in [1.54, 1.807) is 7.05 Å². The minimum atomic E-state index is -0.554. The Bertz CT molecular complexity index is 297. The fourth-order valence-electron chi connectivity index (χ4n) is 0.801. The van der Waals surface area contributed by atoms with Gasteiger partial charge in [0.15, 0.2) is 5.82 Å². The second kappa shape index (κ2) is 3.94. The van der Waals surface area contributed by atoms with Crippen molar-refractivity contribution in [2.24, 2.45) is 12.8 Å². The Morgan fingerprint density at radius 1 is 1.77 bits per heavy atom. The number of carbonyl (C=O) groups is 1. The van der Waals surface area contributed by atoms with E-state index in [2.05, 4.69) is 20.1 Å². The molecule has 2 N–H and O–H groups in total. The molecule has 0 aliphatic heterocycles. The van der Waals surface area contributed by atoms with Gasteiger partial charge in [-0.2, -0.15) is 4.80 Å². The summed E-state index contributed by atoms with van der Waals surface area (Å²) in [6.45, 7) is 0. The highest BCUT2D eigenvalue weighted by atomic mass is 16.5. The monoisotopic (exact) mass is 185 g/mol. The first-order valence-corrected chi connectivity index (χ1v) is 3.69. The van der Waals surface area contributed by atoms with Crippen LogP contribution in [0.3, 0.4) is 0 Å². The third-order valence-electron chi connectivity index (χ3n) is 1.47. The fraction of sp³-hybridized carbons (Fsp3) is 0.667. The summed E-state index contributed by atoms with van der Waals surface area (Å²) in [5.74, 6) is -0.0483. The standard InChI is InChI=1S/C6H11N5O2/c1-11-9-6(8-10-11)4(7)3-5(12)13-2/h4H,3,7H2,1-2H3/t4-/m0/s1. The first-order chi connectivity index (χ1) is 6.13. The zero-order valence-corrected chi connectivity index (χ0v) is 7.47. The van der Waals surface area contributed by atoms with Crippen LogP contribution in [0.4, 0.5) is 0 Å². The first kappa shape index (κ1) is 9.59. The van der Waals surface area contributed by atoms with Crippen LogP contribution >= 0.6 is 0 Å². The number of hydrogen-bond donors (Lipinski definition) is 1. The summed E-state index contributed by atoms with van der Waals surface area (Å²) in [7, 11) is 2.93. The minimum absolute atomic E-state index is 0.0577. The van der Waals surface area contributed by atoms with Gasteiger partial charge >= 0.3 is 5.97 Å². The van der Waals surface area contributed by atoms with Crippen LogP contribution < -0.4 is 5.73 Å². The maximum Gasteiger partial charge on any atom is 0.307 e. The average molecular weight is 185 g/mol. The minimum Gasteiger partial charge on any atom is -0.469 e. The SMILES string of the molecule is COC(=O)C[C@H](N)c1nnn(C)n1. The van der Waals surface area contributed by atoms with E-state index in [1.807, 2.05) is 0 Å². The van der Waals surface area contributed by atoms with E-state index in [4.69, 9.17) is 5.73 Å². The van der Waals surface area contributed by atoms with Crippen LogP contribution in [0.5, 0.6) is 0 Å². The Morgan fingerprint density at radius 2 is 2.46 bits per heavy atom. The van der Waals surface area contributed by atoms with Crippen molar-refractivity contribution in [1.29, 1.82) is 0 Å². The summed E-state index contributed by atoms with van der Waals surface area (Å²) in [6, 6.07) is -0.554. The van der Waals surface area contributed by atoms with Crippen molar-refractivity contribution in [1.82, 2.24) is 20.2 Å². The predicted octanol–water partition coefficient (Wildman–Crippen LogP) is -1.23. The number of rotatable bonds is 3. The van der Waals surface area contributed by atoms with Gasteiger partial charge in [-0.15, -0.1) is 10.2 Å². The van der Waals surface area contributed by atoms with Gasteiger partial charge in [-0.25, -0.2) is 0 Å². The average Bonchev–Trinajstić information content (AvgIpc) is 2.51. The van der Waals surface area contributed by atoms with Crippen LogP contribution in [0, 0.1) is 0 Å². The van der Waals surface area contributed by atoms with Gasteiger partial charge < -0.3 is 10.5 Å². The molecular weight excluding hydrogens is 174 g/mol. The quantitative estimate of drug-likeness (QED) is 0.592. The summed E-state index contributed by atoms with van der Waals surface area (Å²) < 4.78 is 4.45. The molecule has 1 aromatic heterocycles. The second-order valence-electron chi connectivity index (χ2n) is 2.52. The van der Waals surface area contributed by atoms with Crippen molar-refractivity contribution >= 4 is 5.97 Å². The third-order valence-corrected chi connectivity index (χ3v) is 1.47. The molecule has 0 fully saturated rings. The number of aromatic nitrogens is 4. The molecule has 0 saturated heterocycles. The molecule has 1 heterocycles. The maximum atomic E-state index is 10.8. The summed E-state index contributed by atoms with van der Waals surface area (Å²) in [6.07, 6.45) is 0.0577. The van der Waals surface area contributed by atoms with Crippen LogP contribution in [0.25, 0.3) is 0 Å². The molecule has 0 aromatic carbocycles. The van der Waals surface area contributed by atoms with Crippen molar-refractivity contribution in [3.8, 4) is 0 Å². The Morgan fingerprint density at radius 3 is 2.92 bits per heavy atom. The third kappa shape index (κ3) is 2.48. The van der Waals surface area contributed by atoms with Crippen molar-refractivity contribution in [2.75, 3.05) is 7.11 Å². The number of ether oxygens (including phenoxy) is 1. The normalized spacial score (nSPS) is 12.5. The number of hydrogen-bond acceptors (Lipinski definition) is 6. The highest BCUT2D eigenvalue weighted by Gasteiger charge is 2.16. The molecule has 0 bridgehead atoms. The summed E-state index contributed by atoms with van der Waals surface area (Å²) in [4.78, 5) is 12.1. The number of carbonyl (C=O) groups excluding carboxylic acids is 1. The number of esters is 1. The van der Waals surface area contributed by atoms with E-state index >= 15 is 0 Å². The number of aryl methyl sites for hydroxylation is 1. The van der Waals surface area contributed by atoms with Crippen molar-refractivity contribution < 1.29 is 9.53 Å². The largest absolute Gasteiger partial charge is 0.469 e. The van der Waals surface area contributed by atoms with Crippen molar-refractivity contribution in [2.45, 2.75) is 12.5 Å². The van der Waals surface area contributed by atoms with E-state index in [1.165, 1.54) is 11.9 Å². The fourth-order valence-corrected chi connectivity index (χ4v) is 0.801. The molecule has 7 nitrogen and oxygen atoms in total. The zero-order chi connectivity index (χ0) is 9.84. The molecule has 0 aliphatic rings. The number of nitrogens with zero attached hydrogens (tertiary/aromatic N) is 4. The molecule has 0 saturated carbocycles. The van der Waals surface area contributed by atoms with Crippen molar-refractivity contribution in [3.05, 3.63) is 5.82 Å². The van der Waals surface area contributed by atoms with Gasteiger partial charge in [0.1, 0.15) is 0 Å². The van der Waals surface area contributed by atoms with E-state index in [0.717, 1.165) is 0 Å². The molecule has 1 atom stereocenters. The van der Waals surface area contributed by atoms with Gasteiger partial charge in [0.2, 0.25) is 0 Å². The van der Waals surface area contributed by atoms with Crippen LogP contribution in [0.15, 0.2) is 0 Å². The van der Waals surface area contributed by atoms with Gasteiger partial charge in [-0.1, -0.05) is 0 Å². The lowest BCUT2D eigenvalue weighted by molar-refractivity contribution is -0.141. The van der Waals surface area contributed by atoms with Crippen LogP contribution in [0.1, 0.15) is 18.3 Å². The Hall–Kier alpha value is -1.50. The summed E-state index contributed by atoms with van der Waals surface area (Å²) in [5.41, 5.74) is 5.61. The first-order valence-electron chi connectivity index (χ1n) is 3.69. The van der Waals surface area contributed by atoms with Gasteiger partial charge in [0.25, 0.3) is 0 Å². The second-order valence-corrected chi connectivity index (χ2v) is 2.52. The van der Waals surface area contributed by atoms with E-state index in [9.17, 15) is 4.79 Å². The molecule has 0 amide bonds. The van der Waals surface area contributed by atoms with Crippen molar-refractivity contribution in [3.63, 3.8) is 0 Å². The van der Waals surface area contributed by atoms with Gasteiger partial charge in [0.05, 0.1) is 26.6 Å². The molecule has 1 aromatic rings. The van der Waals surface area contributed by atoms with E-state index < -0.39 is 6.04 Å². The van der Waals surface area contributed by atoms with Crippen LogP contribution in [0.2, 0.25) is 0 Å². The predicted molar refractivity (Wildman–Crippen MR) is 42.4 cm³/mol. The Labute approximate surface area is 74.9 Å². The lowest BCUT2D eigenvalue weighted by Gasteiger charge is -2.03. The van der Waals surface area contributed by atoms with Gasteiger partial charge in [-0.3, -0.25) is 4.79 Å². The molecule has 1 rings (SSSR count). The smallest absolute Gasteiger partial charge is 0.307 e. The summed E-state index contributed by atoms with van der Waals surface area (Å²) >= 11 is 0. The Balaban J connectivity index is 2.58. The zero-order valence-electron chi connectivity index (χ0n) is 7.47. The molecule has 7 heteroatoms. The Kier molecular flexibility index (Phi) is 2.91. The lowest BCUT2D eigenvalue weighted by Crippen LogP contribution is -2.17. The van der Waals surface area contributed by atoms with Crippen LogP contribution in [-0.2, 0) is 16.6 Å². The lowest BCUT2D eigenvalue weighted by atomic mass is 10.2. The molecule has 0 spiro atoms. The van der Waals surface area contributed by atoms with Gasteiger partial charge in [-0.05, 0) is 5.21 Å². The number of methoxy groups -OCH3 is 1. The summed E-state index contributed by atoms with van der Waals surface area (Å²) in [5, 5.41) is 11.1.